The summed E-state index contributed by atoms with van der Waals surface area (Å²) in [6.07, 6.45) is 2.07. The first-order valence-corrected chi connectivity index (χ1v) is 3.68. The number of nitrogens with zero attached hydrogens (tertiary/aromatic N) is 1. The number of hydrogen-bond donors (Lipinski definition) is 1. The van der Waals surface area contributed by atoms with Gasteiger partial charge < -0.3 is 10.0 Å². The molecule has 3 heteroatoms. The Morgan fingerprint density at radius 3 is 3.00 bits per heavy atom. The lowest BCUT2D eigenvalue weighted by Crippen LogP contribution is -2.34. The van der Waals surface area contributed by atoms with Gasteiger partial charge >= 0.3 is 0 Å². The summed E-state index contributed by atoms with van der Waals surface area (Å²) < 4.78 is 0. The van der Waals surface area contributed by atoms with Gasteiger partial charge in [-0.3, -0.25) is 4.79 Å². The van der Waals surface area contributed by atoms with Crippen molar-refractivity contribution >= 4 is 6.41 Å². The molecule has 2 unspecified atom stereocenters. The van der Waals surface area contributed by atoms with Crippen LogP contribution in [0.2, 0.25) is 0 Å². The molecule has 0 aromatic heterocycles. The summed E-state index contributed by atoms with van der Waals surface area (Å²) in [4.78, 5) is 12.1. The van der Waals surface area contributed by atoms with Crippen molar-refractivity contribution in [3.8, 4) is 0 Å². The molecule has 1 heterocycles. The number of fused-ring (bicyclic) bond motifs is 1. The molecule has 0 aromatic carbocycles. The number of amides is 1. The minimum absolute atomic E-state index is 0.139. The molecule has 1 amide bonds. The molecule has 2 fully saturated rings. The lowest BCUT2D eigenvalue weighted by atomic mass is 10.2. The van der Waals surface area contributed by atoms with Gasteiger partial charge in [-0.15, -0.1) is 0 Å². The molecule has 2 aliphatic rings. The standard InChI is InChI=1S/C7H11NO2/c9-3-7-6-1-5(6)2-8(7)4-10/h4-7,9H,1-3H2/t5-,6?,7?/m1/s1. The summed E-state index contributed by atoms with van der Waals surface area (Å²) in [7, 11) is 0. The normalized spacial score (nSPS) is 43.3. The van der Waals surface area contributed by atoms with Crippen LogP contribution in [0.25, 0.3) is 0 Å². The summed E-state index contributed by atoms with van der Waals surface area (Å²) in [5.41, 5.74) is 0. The predicted molar refractivity (Wildman–Crippen MR) is 35.2 cm³/mol. The lowest BCUT2D eigenvalue weighted by molar-refractivity contribution is -0.120. The molecular formula is C7H11NO2. The topological polar surface area (TPSA) is 40.5 Å². The zero-order chi connectivity index (χ0) is 7.14. The number of likely N-dealkylation sites (tertiary alicyclic amines) is 1. The van der Waals surface area contributed by atoms with E-state index in [1.54, 1.807) is 4.90 Å². The van der Waals surface area contributed by atoms with Crippen molar-refractivity contribution in [2.75, 3.05) is 13.2 Å². The van der Waals surface area contributed by atoms with Gasteiger partial charge in [0, 0.05) is 6.54 Å². The predicted octanol–water partition coefficient (Wildman–Crippen LogP) is -0.545. The smallest absolute Gasteiger partial charge is 0.210 e. The van der Waals surface area contributed by atoms with Gasteiger partial charge in [-0.05, 0) is 18.3 Å². The third-order valence-corrected chi connectivity index (χ3v) is 2.67. The fourth-order valence-electron chi connectivity index (χ4n) is 1.97. The van der Waals surface area contributed by atoms with E-state index in [9.17, 15) is 4.79 Å². The summed E-state index contributed by atoms with van der Waals surface area (Å²) >= 11 is 0. The minimum Gasteiger partial charge on any atom is -0.394 e. The lowest BCUT2D eigenvalue weighted by Gasteiger charge is -2.20. The van der Waals surface area contributed by atoms with Gasteiger partial charge in [0.15, 0.2) is 0 Å². The Balaban J connectivity index is 2.04. The number of aliphatic hydroxyl groups excluding tert-OH is 1. The van der Waals surface area contributed by atoms with E-state index in [-0.39, 0.29) is 12.6 Å². The zero-order valence-corrected chi connectivity index (χ0v) is 5.73. The molecule has 3 nitrogen and oxygen atoms in total. The average molecular weight is 141 g/mol. The van der Waals surface area contributed by atoms with Crippen LogP contribution in [0.4, 0.5) is 0 Å². The van der Waals surface area contributed by atoms with Crippen LogP contribution >= 0.6 is 0 Å². The molecule has 56 valence electrons. The summed E-state index contributed by atoms with van der Waals surface area (Å²) in [6, 6.07) is 0.141. The number of hydrogen-bond acceptors (Lipinski definition) is 2. The van der Waals surface area contributed by atoms with Gasteiger partial charge in [-0.1, -0.05) is 0 Å². The Morgan fingerprint density at radius 2 is 2.50 bits per heavy atom. The first kappa shape index (κ1) is 6.16. The average Bonchev–Trinajstić information content (AvgIpc) is 2.63. The molecular weight excluding hydrogens is 130 g/mol. The summed E-state index contributed by atoms with van der Waals surface area (Å²) in [5, 5.41) is 8.86. The highest BCUT2D eigenvalue weighted by molar-refractivity contribution is 5.49. The molecule has 1 N–H and O–H groups in total. The molecule has 0 spiro atoms. The van der Waals surface area contributed by atoms with Crippen molar-refractivity contribution < 1.29 is 9.90 Å². The van der Waals surface area contributed by atoms with Gasteiger partial charge in [0.2, 0.25) is 6.41 Å². The Morgan fingerprint density at radius 1 is 1.70 bits per heavy atom. The fourth-order valence-corrected chi connectivity index (χ4v) is 1.97. The van der Waals surface area contributed by atoms with Crippen molar-refractivity contribution in [3.63, 3.8) is 0 Å². The third kappa shape index (κ3) is 0.669. The van der Waals surface area contributed by atoms with Crippen LogP contribution in [0, 0.1) is 11.8 Å². The van der Waals surface area contributed by atoms with E-state index in [2.05, 4.69) is 0 Å². The molecule has 1 saturated heterocycles. The Kier molecular flexibility index (Phi) is 1.20. The van der Waals surface area contributed by atoms with Crippen molar-refractivity contribution in [2.24, 2.45) is 11.8 Å². The second-order valence-electron chi connectivity index (χ2n) is 3.21. The van der Waals surface area contributed by atoms with Crippen molar-refractivity contribution in [1.29, 1.82) is 0 Å². The van der Waals surface area contributed by atoms with Crippen LogP contribution in [0.15, 0.2) is 0 Å². The largest absolute Gasteiger partial charge is 0.394 e. The molecule has 2 rings (SSSR count). The maximum atomic E-state index is 10.4. The number of rotatable bonds is 2. The highest BCUT2D eigenvalue weighted by Crippen LogP contribution is 2.48. The Bertz CT molecular complexity index is 160. The van der Waals surface area contributed by atoms with Crippen molar-refractivity contribution in [3.05, 3.63) is 0 Å². The molecule has 10 heavy (non-hydrogen) atoms. The number of carbonyl (C=O) groups excluding carboxylic acids is 1. The number of piperidine rings is 1. The van der Waals surface area contributed by atoms with Crippen molar-refractivity contribution in [2.45, 2.75) is 12.5 Å². The second-order valence-corrected chi connectivity index (χ2v) is 3.21. The molecule has 0 radical (unpaired) electrons. The number of carbonyl (C=O) groups is 1. The van der Waals surface area contributed by atoms with Crippen molar-refractivity contribution in [1.82, 2.24) is 4.90 Å². The van der Waals surface area contributed by atoms with E-state index >= 15 is 0 Å². The first-order valence-electron chi connectivity index (χ1n) is 3.68. The first-order chi connectivity index (χ1) is 4.86. The van der Waals surface area contributed by atoms with Crippen LogP contribution in [0.5, 0.6) is 0 Å². The minimum atomic E-state index is 0.139. The van der Waals surface area contributed by atoms with E-state index in [4.69, 9.17) is 5.11 Å². The molecule has 1 aliphatic heterocycles. The fraction of sp³-hybridized carbons (Fsp3) is 0.857. The summed E-state index contributed by atoms with van der Waals surface area (Å²) in [5.74, 6) is 1.33. The van der Waals surface area contributed by atoms with E-state index in [1.807, 2.05) is 0 Å². The van der Waals surface area contributed by atoms with Crippen LogP contribution in [0.1, 0.15) is 6.42 Å². The Labute approximate surface area is 59.6 Å². The van der Waals surface area contributed by atoms with E-state index < -0.39 is 0 Å². The maximum Gasteiger partial charge on any atom is 0.210 e. The zero-order valence-electron chi connectivity index (χ0n) is 5.73. The van der Waals surface area contributed by atoms with Gasteiger partial charge in [-0.25, -0.2) is 0 Å². The molecule has 1 aliphatic carbocycles. The SMILES string of the molecule is O=CN1C[C@H]2CC2C1CO. The third-order valence-electron chi connectivity index (χ3n) is 2.67. The van der Waals surface area contributed by atoms with Crippen LogP contribution in [0.3, 0.4) is 0 Å². The van der Waals surface area contributed by atoms with E-state index in [0.29, 0.717) is 11.8 Å². The molecule has 0 bridgehead atoms. The quantitative estimate of drug-likeness (QED) is 0.524. The van der Waals surface area contributed by atoms with Gasteiger partial charge in [0.25, 0.3) is 0 Å². The van der Waals surface area contributed by atoms with Gasteiger partial charge in [0.05, 0.1) is 12.6 Å². The maximum absolute atomic E-state index is 10.4. The molecule has 0 aromatic rings. The van der Waals surface area contributed by atoms with Gasteiger partial charge in [-0.2, -0.15) is 0 Å². The van der Waals surface area contributed by atoms with Crippen LogP contribution in [-0.2, 0) is 4.79 Å². The highest BCUT2D eigenvalue weighted by Gasteiger charge is 2.51. The highest BCUT2D eigenvalue weighted by atomic mass is 16.3. The molecule has 3 atom stereocenters. The van der Waals surface area contributed by atoms with E-state index in [0.717, 1.165) is 13.0 Å². The molecule has 1 saturated carbocycles. The van der Waals surface area contributed by atoms with E-state index in [1.165, 1.54) is 6.42 Å². The van der Waals surface area contributed by atoms with Gasteiger partial charge in [0.1, 0.15) is 0 Å². The summed E-state index contributed by atoms with van der Waals surface area (Å²) in [6.45, 7) is 1.01. The monoisotopic (exact) mass is 141 g/mol. The second kappa shape index (κ2) is 1.95. The number of aliphatic hydroxyl groups is 1. The van der Waals surface area contributed by atoms with Crippen LogP contribution < -0.4 is 0 Å². The van der Waals surface area contributed by atoms with Crippen LogP contribution in [-0.4, -0.2) is 35.6 Å². The Hall–Kier alpha value is -0.570.